The summed E-state index contributed by atoms with van der Waals surface area (Å²) in [5, 5.41) is 0. The first kappa shape index (κ1) is 12.4. The molecule has 16 heavy (non-hydrogen) atoms. The van der Waals surface area contributed by atoms with Crippen molar-refractivity contribution in [1.82, 2.24) is 0 Å². The summed E-state index contributed by atoms with van der Waals surface area (Å²) in [6, 6.07) is 1.69. The summed E-state index contributed by atoms with van der Waals surface area (Å²) >= 11 is 0. The second-order valence-corrected chi connectivity index (χ2v) is 4.25. The Morgan fingerprint density at radius 3 is 2.81 bits per heavy atom. The summed E-state index contributed by atoms with van der Waals surface area (Å²) in [6.45, 7) is 5.60. The standard InChI is InChI=1S/C13H16O3/c1-5-11(10-7-8-15-9-10)16-12(14)13(3,4)6-2/h1,7-9,11H,6H2,2-4H3. The molecule has 0 aliphatic carbocycles. The maximum atomic E-state index is 11.8. The van der Waals surface area contributed by atoms with E-state index >= 15 is 0 Å². The molecule has 1 rings (SSSR count). The minimum absolute atomic E-state index is 0.292. The third-order valence-corrected chi connectivity index (χ3v) is 2.66. The second kappa shape index (κ2) is 4.89. The van der Waals surface area contributed by atoms with Crippen LogP contribution < -0.4 is 0 Å². The lowest BCUT2D eigenvalue weighted by Gasteiger charge is -2.22. The molecule has 1 atom stereocenters. The van der Waals surface area contributed by atoms with Gasteiger partial charge >= 0.3 is 5.97 Å². The van der Waals surface area contributed by atoms with Gasteiger partial charge in [0.25, 0.3) is 0 Å². The molecule has 0 amide bonds. The van der Waals surface area contributed by atoms with Crippen LogP contribution in [0.2, 0.25) is 0 Å². The van der Waals surface area contributed by atoms with E-state index < -0.39 is 11.5 Å². The van der Waals surface area contributed by atoms with E-state index in [0.29, 0.717) is 12.0 Å². The molecule has 0 spiro atoms. The summed E-state index contributed by atoms with van der Waals surface area (Å²) in [5.41, 5.74) is 0.168. The maximum absolute atomic E-state index is 11.8. The third kappa shape index (κ3) is 2.66. The lowest BCUT2D eigenvalue weighted by Crippen LogP contribution is -2.27. The molecule has 0 bridgehead atoms. The SMILES string of the molecule is C#CC(OC(=O)C(C)(C)CC)c1ccoc1. The van der Waals surface area contributed by atoms with E-state index in [9.17, 15) is 4.79 Å². The molecule has 1 aromatic heterocycles. The van der Waals surface area contributed by atoms with Crippen molar-refractivity contribution < 1.29 is 13.9 Å². The molecular formula is C13H16O3. The topological polar surface area (TPSA) is 39.4 Å². The van der Waals surface area contributed by atoms with Gasteiger partial charge in [0.1, 0.15) is 0 Å². The average Bonchev–Trinajstić information content (AvgIpc) is 2.78. The minimum Gasteiger partial charge on any atom is -0.472 e. The highest BCUT2D eigenvalue weighted by atomic mass is 16.5. The molecule has 0 saturated heterocycles. The molecule has 0 fully saturated rings. The summed E-state index contributed by atoms with van der Waals surface area (Å²) < 4.78 is 10.2. The highest BCUT2D eigenvalue weighted by molar-refractivity contribution is 5.76. The van der Waals surface area contributed by atoms with Gasteiger partial charge in [-0.25, -0.2) is 0 Å². The zero-order chi connectivity index (χ0) is 12.2. The van der Waals surface area contributed by atoms with Crippen LogP contribution in [0.15, 0.2) is 23.0 Å². The summed E-state index contributed by atoms with van der Waals surface area (Å²) in [5.74, 6) is 2.14. The molecule has 0 saturated carbocycles. The Hall–Kier alpha value is -1.69. The Morgan fingerprint density at radius 1 is 1.69 bits per heavy atom. The first-order valence-corrected chi connectivity index (χ1v) is 5.20. The molecular weight excluding hydrogens is 204 g/mol. The van der Waals surface area contributed by atoms with Crippen LogP contribution in [0.4, 0.5) is 0 Å². The molecule has 0 radical (unpaired) electrons. The minimum atomic E-state index is -0.669. The Balaban J connectivity index is 2.73. The van der Waals surface area contributed by atoms with Crippen molar-refractivity contribution in [2.75, 3.05) is 0 Å². The third-order valence-electron chi connectivity index (χ3n) is 2.66. The molecule has 0 aliphatic heterocycles. The zero-order valence-electron chi connectivity index (χ0n) is 9.82. The molecule has 3 nitrogen and oxygen atoms in total. The number of hydrogen-bond donors (Lipinski definition) is 0. The molecule has 3 heteroatoms. The molecule has 0 aliphatic rings. The lowest BCUT2D eigenvalue weighted by molar-refractivity contribution is -0.157. The summed E-state index contributed by atoms with van der Waals surface area (Å²) in [6.07, 6.45) is 8.34. The van der Waals surface area contributed by atoms with Crippen molar-refractivity contribution in [2.24, 2.45) is 5.41 Å². The Morgan fingerprint density at radius 2 is 2.38 bits per heavy atom. The van der Waals surface area contributed by atoms with E-state index in [1.807, 2.05) is 20.8 Å². The monoisotopic (exact) mass is 220 g/mol. The average molecular weight is 220 g/mol. The van der Waals surface area contributed by atoms with Crippen LogP contribution in [0.3, 0.4) is 0 Å². The van der Waals surface area contributed by atoms with Crippen molar-refractivity contribution >= 4 is 5.97 Å². The highest BCUT2D eigenvalue weighted by Gasteiger charge is 2.29. The van der Waals surface area contributed by atoms with Gasteiger partial charge in [-0.2, -0.15) is 0 Å². The summed E-state index contributed by atoms with van der Waals surface area (Å²) in [4.78, 5) is 11.8. The van der Waals surface area contributed by atoms with E-state index in [1.165, 1.54) is 12.5 Å². The summed E-state index contributed by atoms with van der Waals surface area (Å²) in [7, 11) is 0. The first-order chi connectivity index (χ1) is 7.51. The molecule has 1 aromatic rings. The normalized spacial score (nSPS) is 12.9. The number of carbonyl (C=O) groups excluding carboxylic acids is 1. The van der Waals surface area contributed by atoms with Crippen LogP contribution >= 0.6 is 0 Å². The second-order valence-electron chi connectivity index (χ2n) is 4.25. The van der Waals surface area contributed by atoms with E-state index in [1.54, 1.807) is 6.07 Å². The number of rotatable bonds is 4. The van der Waals surface area contributed by atoms with Gasteiger partial charge in [-0.1, -0.05) is 12.8 Å². The Labute approximate surface area is 95.8 Å². The molecule has 0 aromatic carbocycles. The van der Waals surface area contributed by atoms with Gasteiger partial charge < -0.3 is 9.15 Å². The molecule has 0 N–H and O–H groups in total. The fourth-order valence-electron chi connectivity index (χ4n) is 1.03. The van der Waals surface area contributed by atoms with Crippen LogP contribution in [0, 0.1) is 17.8 Å². The van der Waals surface area contributed by atoms with Gasteiger partial charge in [-0.15, -0.1) is 6.42 Å². The van der Waals surface area contributed by atoms with E-state index in [-0.39, 0.29) is 5.97 Å². The smallest absolute Gasteiger partial charge is 0.313 e. The highest BCUT2D eigenvalue weighted by Crippen LogP contribution is 2.26. The number of ether oxygens (including phenoxy) is 1. The number of hydrogen-bond acceptors (Lipinski definition) is 3. The van der Waals surface area contributed by atoms with Crippen molar-refractivity contribution in [1.29, 1.82) is 0 Å². The van der Waals surface area contributed by atoms with Crippen molar-refractivity contribution in [2.45, 2.75) is 33.3 Å². The van der Waals surface area contributed by atoms with Crippen LogP contribution in [0.25, 0.3) is 0 Å². The number of furan rings is 1. The number of terminal acetylenes is 1. The first-order valence-electron chi connectivity index (χ1n) is 5.20. The number of esters is 1. The van der Waals surface area contributed by atoms with E-state index in [2.05, 4.69) is 5.92 Å². The predicted molar refractivity (Wildman–Crippen MR) is 60.4 cm³/mol. The Kier molecular flexibility index (Phi) is 3.78. The fourth-order valence-corrected chi connectivity index (χ4v) is 1.03. The van der Waals surface area contributed by atoms with Crippen molar-refractivity contribution in [3.8, 4) is 12.3 Å². The van der Waals surface area contributed by atoms with Gasteiger partial charge in [-0.3, -0.25) is 4.79 Å². The molecule has 1 unspecified atom stereocenters. The van der Waals surface area contributed by atoms with Gasteiger partial charge in [0.15, 0.2) is 6.10 Å². The van der Waals surface area contributed by atoms with Crippen LogP contribution in [0.5, 0.6) is 0 Å². The van der Waals surface area contributed by atoms with E-state index in [0.717, 1.165) is 0 Å². The lowest BCUT2D eigenvalue weighted by atomic mass is 9.90. The van der Waals surface area contributed by atoms with Crippen LogP contribution in [-0.2, 0) is 9.53 Å². The van der Waals surface area contributed by atoms with Crippen molar-refractivity contribution in [3.05, 3.63) is 24.2 Å². The van der Waals surface area contributed by atoms with Gasteiger partial charge in [0, 0.05) is 5.56 Å². The van der Waals surface area contributed by atoms with Gasteiger partial charge in [-0.05, 0) is 26.3 Å². The van der Waals surface area contributed by atoms with Crippen molar-refractivity contribution in [3.63, 3.8) is 0 Å². The maximum Gasteiger partial charge on any atom is 0.313 e. The van der Waals surface area contributed by atoms with Crippen LogP contribution in [0.1, 0.15) is 38.9 Å². The largest absolute Gasteiger partial charge is 0.472 e. The quantitative estimate of drug-likeness (QED) is 0.578. The number of carbonyl (C=O) groups is 1. The van der Waals surface area contributed by atoms with E-state index in [4.69, 9.17) is 15.6 Å². The molecule has 86 valence electrons. The Bertz CT molecular complexity index is 382. The predicted octanol–water partition coefficient (Wildman–Crippen LogP) is 2.93. The fraction of sp³-hybridized carbons (Fsp3) is 0.462. The van der Waals surface area contributed by atoms with Crippen LogP contribution in [-0.4, -0.2) is 5.97 Å². The molecule has 1 heterocycles. The van der Waals surface area contributed by atoms with Gasteiger partial charge in [0.05, 0.1) is 17.9 Å². The zero-order valence-corrected chi connectivity index (χ0v) is 9.82. The van der Waals surface area contributed by atoms with Gasteiger partial charge in [0.2, 0.25) is 0 Å².